The van der Waals surface area contributed by atoms with E-state index >= 15 is 0 Å². The smallest absolute Gasteiger partial charge is 0.254 e. The molecule has 2 atom stereocenters. The molecular weight excluding hydrogens is 493 g/mol. The fraction of sp³-hybridized carbons (Fsp3) is 0.419. The van der Waals surface area contributed by atoms with Crippen LogP contribution >= 0.6 is 0 Å². The van der Waals surface area contributed by atoms with E-state index in [1.807, 2.05) is 36.4 Å². The number of rotatable bonds is 9. The van der Waals surface area contributed by atoms with Crippen LogP contribution in [-0.4, -0.2) is 97.3 Å². The number of fused-ring (bicyclic) bond motifs is 1. The van der Waals surface area contributed by atoms with Crippen molar-refractivity contribution in [3.63, 3.8) is 0 Å². The third-order valence-electron chi connectivity index (χ3n) is 8.21. The maximum Gasteiger partial charge on any atom is 0.254 e. The van der Waals surface area contributed by atoms with Crippen LogP contribution in [0.5, 0.6) is 0 Å². The van der Waals surface area contributed by atoms with Gasteiger partial charge in [0.2, 0.25) is 0 Å². The van der Waals surface area contributed by atoms with Crippen molar-refractivity contribution in [3.8, 4) is 6.07 Å². The number of carbonyl (C=O) groups excluding carboxylic acids is 1. The van der Waals surface area contributed by atoms with Crippen LogP contribution < -0.4 is 5.32 Å². The van der Waals surface area contributed by atoms with Crippen molar-refractivity contribution in [2.75, 3.05) is 59.5 Å². The number of likely N-dealkylation sites (tertiary alicyclic amines) is 1. The van der Waals surface area contributed by atoms with Crippen LogP contribution in [0.25, 0.3) is 10.8 Å². The number of benzene rings is 3. The van der Waals surface area contributed by atoms with Crippen LogP contribution in [0, 0.1) is 17.1 Å². The van der Waals surface area contributed by atoms with Gasteiger partial charge >= 0.3 is 0 Å². The summed E-state index contributed by atoms with van der Waals surface area (Å²) in [6, 6.07) is 20.5. The van der Waals surface area contributed by atoms with Crippen molar-refractivity contribution in [1.82, 2.24) is 20.0 Å². The van der Waals surface area contributed by atoms with Crippen molar-refractivity contribution in [1.29, 1.82) is 5.26 Å². The van der Waals surface area contributed by atoms with Crippen LogP contribution in [0.4, 0.5) is 4.39 Å². The molecule has 2 aliphatic rings. The summed E-state index contributed by atoms with van der Waals surface area (Å²) in [5.41, 5.74) is 1.98. The summed E-state index contributed by atoms with van der Waals surface area (Å²) in [6.45, 7) is 6.20. The predicted molar refractivity (Wildman–Crippen MR) is 150 cm³/mol. The second-order valence-electron chi connectivity index (χ2n) is 10.8. The lowest BCUT2D eigenvalue weighted by Gasteiger charge is -2.50. The first kappa shape index (κ1) is 27.2. The molecule has 3 aromatic carbocycles. The van der Waals surface area contributed by atoms with Gasteiger partial charge in [0.15, 0.2) is 0 Å². The fourth-order valence-electron chi connectivity index (χ4n) is 5.97. The van der Waals surface area contributed by atoms with Crippen molar-refractivity contribution in [2.45, 2.75) is 24.4 Å². The van der Waals surface area contributed by atoms with E-state index in [-0.39, 0.29) is 30.3 Å². The highest BCUT2D eigenvalue weighted by atomic mass is 19.1. The molecule has 2 saturated heterocycles. The van der Waals surface area contributed by atoms with Gasteiger partial charge in [-0.15, -0.1) is 0 Å². The Morgan fingerprint density at radius 2 is 1.97 bits per heavy atom. The first-order valence-corrected chi connectivity index (χ1v) is 13.7. The normalized spacial score (nSPS) is 19.4. The maximum atomic E-state index is 13.7. The van der Waals surface area contributed by atoms with Gasteiger partial charge < -0.3 is 20.2 Å². The van der Waals surface area contributed by atoms with Crippen molar-refractivity contribution < 1.29 is 14.3 Å². The van der Waals surface area contributed by atoms with Gasteiger partial charge in [-0.25, -0.2) is 4.39 Å². The molecule has 0 spiro atoms. The van der Waals surface area contributed by atoms with Gasteiger partial charge in [0, 0.05) is 69.9 Å². The minimum Gasteiger partial charge on any atom is -0.395 e. The summed E-state index contributed by atoms with van der Waals surface area (Å²) < 4.78 is 13.7. The highest BCUT2D eigenvalue weighted by Crippen LogP contribution is 2.27. The molecule has 2 N–H and O–H groups in total. The molecule has 2 fully saturated rings. The molecule has 7 nitrogen and oxygen atoms in total. The van der Waals surface area contributed by atoms with Crippen molar-refractivity contribution >= 4 is 16.7 Å². The summed E-state index contributed by atoms with van der Waals surface area (Å²) in [5.74, 6) is -0.372. The molecule has 0 saturated carbocycles. The summed E-state index contributed by atoms with van der Waals surface area (Å²) in [6.07, 6.45) is 0.833. The van der Waals surface area contributed by atoms with E-state index in [1.165, 1.54) is 12.1 Å². The molecule has 8 heteroatoms. The van der Waals surface area contributed by atoms with Gasteiger partial charge in [0.1, 0.15) is 5.82 Å². The molecule has 0 radical (unpaired) electrons. The molecule has 204 valence electrons. The highest BCUT2D eigenvalue weighted by Gasteiger charge is 2.36. The second-order valence-corrected chi connectivity index (χ2v) is 10.8. The van der Waals surface area contributed by atoms with Crippen LogP contribution in [0.3, 0.4) is 0 Å². The molecule has 2 aliphatic heterocycles. The highest BCUT2D eigenvalue weighted by molar-refractivity contribution is 6.07. The Hall–Kier alpha value is -3.35. The summed E-state index contributed by atoms with van der Waals surface area (Å²) in [4.78, 5) is 20.2. The van der Waals surface area contributed by atoms with Gasteiger partial charge in [0.05, 0.1) is 18.2 Å². The number of hydrogen-bond donors (Lipinski definition) is 2. The number of aliphatic hydroxyl groups excluding tert-OH is 1. The minimum atomic E-state index is -0.276. The van der Waals surface area contributed by atoms with E-state index in [0.717, 1.165) is 62.0 Å². The third kappa shape index (κ3) is 6.13. The number of halogens is 1. The lowest BCUT2D eigenvalue weighted by atomic mass is 9.93. The number of piperazine rings is 1. The van der Waals surface area contributed by atoms with Gasteiger partial charge in [-0.1, -0.05) is 36.4 Å². The quantitative estimate of drug-likeness (QED) is 0.444. The van der Waals surface area contributed by atoms with Crippen molar-refractivity contribution in [3.05, 3.63) is 83.2 Å². The third-order valence-corrected chi connectivity index (χ3v) is 8.21. The number of hydrogen-bond acceptors (Lipinski definition) is 6. The SMILES string of the molecule is CN(C[C@@H](CCN1CC(N2CCNCC2CO)C1)c1ccc(F)cc1)C(=O)c1cc(C#N)cc2ccccc12. The molecule has 39 heavy (non-hydrogen) atoms. The first-order valence-electron chi connectivity index (χ1n) is 13.7. The maximum absolute atomic E-state index is 13.7. The molecule has 0 aliphatic carbocycles. The first-order chi connectivity index (χ1) is 19.0. The van der Waals surface area contributed by atoms with Gasteiger partial charge in [-0.3, -0.25) is 9.69 Å². The number of nitriles is 1. The minimum absolute atomic E-state index is 0.0355. The number of aliphatic hydroxyl groups is 1. The zero-order valence-corrected chi connectivity index (χ0v) is 22.4. The van der Waals surface area contributed by atoms with E-state index in [0.29, 0.717) is 23.7 Å². The Balaban J connectivity index is 1.27. The van der Waals surface area contributed by atoms with Gasteiger partial charge in [-0.2, -0.15) is 5.26 Å². The zero-order valence-electron chi connectivity index (χ0n) is 22.4. The fourth-order valence-corrected chi connectivity index (χ4v) is 5.97. The summed E-state index contributed by atoms with van der Waals surface area (Å²) in [7, 11) is 1.80. The van der Waals surface area contributed by atoms with E-state index in [4.69, 9.17) is 0 Å². The van der Waals surface area contributed by atoms with E-state index in [9.17, 15) is 19.6 Å². The zero-order chi connectivity index (χ0) is 27.4. The Morgan fingerprint density at radius 1 is 1.21 bits per heavy atom. The van der Waals surface area contributed by atoms with E-state index < -0.39 is 0 Å². The number of nitrogens with one attached hydrogen (secondary N) is 1. The van der Waals surface area contributed by atoms with E-state index in [1.54, 1.807) is 24.1 Å². The molecule has 1 amide bonds. The molecule has 0 aromatic heterocycles. The topological polar surface area (TPSA) is 82.8 Å². The molecular formula is C31H36FN5O2. The number of carbonyl (C=O) groups is 1. The van der Waals surface area contributed by atoms with Crippen LogP contribution in [0.15, 0.2) is 60.7 Å². The van der Waals surface area contributed by atoms with Crippen LogP contribution in [-0.2, 0) is 0 Å². The second kappa shape index (κ2) is 12.2. The van der Waals surface area contributed by atoms with Gasteiger partial charge in [0.25, 0.3) is 5.91 Å². The Bertz CT molecular complexity index is 1340. The molecule has 1 unspecified atom stereocenters. The lowest BCUT2D eigenvalue weighted by molar-refractivity contribution is -0.0180. The predicted octanol–water partition coefficient (Wildman–Crippen LogP) is 3.05. The van der Waals surface area contributed by atoms with Gasteiger partial charge in [-0.05, 0) is 53.6 Å². The van der Waals surface area contributed by atoms with E-state index in [2.05, 4.69) is 21.2 Å². The number of likely N-dealkylation sites (N-methyl/N-ethyl adjacent to an activating group) is 1. The monoisotopic (exact) mass is 529 g/mol. The molecule has 2 heterocycles. The van der Waals surface area contributed by atoms with Crippen LogP contribution in [0.1, 0.15) is 33.8 Å². The average molecular weight is 530 g/mol. The Kier molecular flexibility index (Phi) is 8.53. The standard InChI is InChI=1S/C31H36FN5O2/c1-35(31(39)30-15-22(16-33)14-24-4-2-3-5-29(24)30)18-25(23-6-8-26(32)9-7-23)10-12-36-19-28(20-36)37-13-11-34-17-27(37)21-38/h2-9,14-15,25,27-28,34,38H,10-13,17-21H2,1H3/t25-,27?/m1/s1. The number of amides is 1. The molecule has 3 aromatic rings. The summed E-state index contributed by atoms with van der Waals surface area (Å²) >= 11 is 0. The Labute approximate surface area is 229 Å². The molecule has 0 bridgehead atoms. The van der Waals surface area contributed by atoms with Crippen molar-refractivity contribution in [2.24, 2.45) is 0 Å². The largest absolute Gasteiger partial charge is 0.395 e. The summed E-state index contributed by atoms with van der Waals surface area (Å²) in [5, 5.41) is 24.3. The molecule has 5 rings (SSSR count). The number of nitrogens with zero attached hydrogens (tertiary/aromatic N) is 4. The lowest BCUT2D eigenvalue weighted by Crippen LogP contribution is -2.66. The van der Waals surface area contributed by atoms with Crippen LogP contribution in [0.2, 0.25) is 0 Å². The Morgan fingerprint density at radius 3 is 2.72 bits per heavy atom. The average Bonchev–Trinajstić information content (AvgIpc) is 2.95.